The number of anilines is 3. The highest BCUT2D eigenvalue weighted by Gasteiger charge is 2.46. The number of hydrogen-bond donors (Lipinski definition) is 2. The fourth-order valence-corrected chi connectivity index (χ4v) is 11.4. The van der Waals surface area contributed by atoms with Crippen molar-refractivity contribution in [1.82, 2.24) is 4.90 Å². The zero-order chi connectivity index (χ0) is 51.9. The van der Waals surface area contributed by atoms with Crippen LogP contribution in [0.3, 0.4) is 0 Å². The normalized spacial score (nSPS) is 14.8. The molecule has 19 nitrogen and oxygen atoms in total. The average Bonchev–Trinajstić information content (AvgIpc) is 3.59. The van der Waals surface area contributed by atoms with Crippen LogP contribution in [0.4, 0.5) is 17.1 Å². The number of esters is 1. The smallest absolute Gasteiger partial charge is 0.326 e. The summed E-state index contributed by atoms with van der Waals surface area (Å²) in [6.07, 6.45) is 1.47. The van der Waals surface area contributed by atoms with E-state index in [1.165, 1.54) is 85.8 Å². The molecule has 0 radical (unpaired) electrons. The molecule has 5 aromatic carbocycles. The second kappa shape index (κ2) is 22.1. The van der Waals surface area contributed by atoms with E-state index in [4.69, 9.17) is 9.47 Å². The monoisotopic (exact) mass is 1020 g/mol. The van der Waals surface area contributed by atoms with Gasteiger partial charge in [-0.3, -0.25) is 51.9 Å². The van der Waals surface area contributed by atoms with E-state index < -0.39 is 68.7 Å². The molecule has 1 fully saturated rings. The van der Waals surface area contributed by atoms with Crippen LogP contribution in [0.15, 0.2) is 113 Å². The topological polar surface area (TPSA) is 265 Å². The summed E-state index contributed by atoms with van der Waals surface area (Å²) in [4.78, 5) is 101. The van der Waals surface area contributed by atoms with E-state index in [9.17, 15) is 60.3 Å². The third kappa shape index (κ3) is 11.4. The summed E-state index contributed by atoms with van der Waals surface area (Å²) in [6, 6.07) is 22.9. The number of carbonyl (C=O) groups is 8. The van der Waals surface area contributed by atoms with Crippen molar-refractivity contribution >= 4 is 94.9 Å². The lowest BCUT2D eigenvalue weighted by atomic mass is 9.92. The quantitative estimate of drug-likeness (QED) is 0.0355. The number of nitrogens with zero attached hydrogens (tertiary/aromatic N) is 3. The van der Waals surface area contributed by atoms with E-state index in [1.54, 1.807) is 31.2 Å². The van der Waals surface area contributed by atoms with E-state index in [1.807, 2.05) is 0 Å². The number of unbranched alkanes of at least 4 members (excludes halogenated alkanes) is 2. The summed E-state index contributed by atoms with van der Waals surface area (Å²) in [6.45, 7) is 1.22. The molecule has 1 aliphatic heterocycles. The van der Waals surface area contributed by atoms with Gasteiger partial charge in [-0.05, 0) is 106 Å². The minimum atomic E-state index is -4.61. The van der Waals surface area contributed by atoms with Crippen molar-refractivity contribution in [3.8, 4) is 5.75 Å². The molecule has 0 bridgehead atoms. The maximum absolute atomic E-state index is 14.5. The van der Waals surface area contributed by atoms with Gasteiger partial charge in [-0.2, -0.15) is 0 Å². The number of ether oxygens (including phenoxy) is 2. The largest absolute Gasteiger partial charge is 0.493 e. The number of carboxylic acids is 1. The van der Waals surface area contributed by atoms with Crippen LogP contribution in [-0.2, 0) is 60.0 Å². The van der Waals surface area contributed by atoms with E-state index in [2.05, 4.69) is 5.32 Å². The Kier molecular flexibility index (Phi) is 16.0. The molecule has 0 aromatic heterocycles. The molecule has 2 aliphatic rings. The van der Waals surface area contributed by atoms with E-state index in [0.717, 1.165) is 9.21 Å². The Bertz CT molecular complexity index is 3210. The fourth-order valence-electron chi connectivity index (χ4n) is 8.56. The molecule has 0 spiro atoms. The Morgan fingerprint density at radius 2 is 1.35 bits per heavy atom. The van der Waals surface area contributed by atoms with E-state index in [-0.39, 0.29) is 117 Å². The van der Waals surface area contributed by atoms with Crippen LogP contribution in [0.1, 0.15) is 85.1 Å². The number of carboxylic acid groups (broad SMARTS) is 1. The molecule has 376 valence electrons. The van der Waals surface area contributed by atoms with Gasteiger partial charge in [0.05, 0.1) is 58.0 Å². The minimum absolute atomic E-state index is 0.0543. The first-order valence-electron chi connectivity index (χ1n) is 22.9. The number of amides is 3. The molecule has 0 saturated heterocycles. The summed E-state index contributed by atoms with van der Waals surface area (Å²) in [5.41, 5.74) is 0.850. The SMILES string of the molecule is CCOC(=O)CN(c1ccc(N(CC(=O)O)S(=O)(=O)c2ccc(CC(C)=O)cc2)c2ccccc12)S(=O)(=O)c1ccc(NC(=O)CCCCCOc2cccc3c2C(=O)N(C2CCC(=O)CC2=O)C3=O)cc1. The number of carbonyl (C=O) groups excluding carboxylic acids is 7. The Morgan fingerprint density at radius 1 is 0.736 bits per heavy atom. The molecule has 1 aliphatic carbocycles. The molecule has 2 N–H and O–H groups in total. The molecule has 5 aromatic rings. The fraction of sp³-hybridized carbons (Fsp3) is 0.294. The molecule has 1 saturated carbocycles. The number of rotatable bonds is 22. The number of imide groups is 1. The molecule has 1 unspecified atom stereocenters. The number of hydrogen-bond acceptors (Lipinski definition) is 14. The maximum atomic E-state index is 14.5. The zero-order valence-electron chi connectivity index (χ0n) is 39.2. The minimum Gasteiger partial charge on any atom is -0.493 e. The van der Waals surface area contributed by atoms with Crippen molar-refractivity contribution in [3.05, 3.63) is 120 Å². The molecule has 1 heterocycles. The van der Waals surface area contributed by atoms with Gasteiger partial charge in [0.1, 0.15) is 30.4 Å². The summed E-state index contributed by atoms with van der Waals surface area (Å²) in [7, 11) is -9.18. The first-order valence-corrected chi connectivity index (χ1v) is 25.8. The van der Waals surface area contributed by atoms with Crippen LogP contribution < -0.4 is 18.7 Å². The number of fused-ring (bicyclic) bond motifs is 2. The number of Topliss-reactive ketones (excluding diaryl/α,β-unsaturated/α-hetero) is 3. The summed E-state index contributed by atoms with van der Waals surface area (Å²) in [5, 5.41) is 12.9. The van der Waals surface area contributed by atoms with Crippen molar-refractivity contribution in [3.63, 3.8) is 0 Å². The van der Waals surface area contributed by atoms with Gasteiger partial charge in [-0.25, -0.2) is 16.8 Å². The predicted molar refractivity (Wildman–Crippen MR) is 262 cm³/mol. The lowest BCUT2D eigenvalue weighted by molar-refractivity contribution is -0.141. The molecule has 3 amide bonds. The molecular weight excluding hydrogens is 973 g/mol. The standard InChI is InChI=1S/C51H50N4O15S2/c1-3-69-48(62)31-54(42-26-25-41(38-10-6-7-11-39(38)42)53(30-47(60)61)71(65,66)36-20-15-33(16-21-36)28-32(2)56)72(67,68)37-22-17-34(18-23-37)52-46(59)14-5-4-8-27-70-45-13-9-12-40-49(45)51(64)55(50(40)63)43-24-19-35(57)29-44(43)58/h6-7,9-13,15-18,20-23,25-26,43H,3-5,8,14,19,24,27-31H2,1-2H3,(H,52,59)(H,60,61). The molecular formula is C51H50N4O15S2. The highest BCUT2D eigenvalue weighted by molar-refractivity contribution is 7.93. The highest BCUT2D eigenvalue weighted by atomic mass is 32.2. The first-order chi connectivity index (χ1) is 34.3. The van der Waals surface area contributed by atoms with Crippen molar-refractivity contribution < 1.29 is 69.8 Å². The predicted octanol–water partition coefficient (Wildman–Crippen LogP) is 5.87. The van der Waals surface area contributed by atoms with Gasteiger partial charge in [-0.1, -0.05) is 42.5 Å². The third-order valence-electron chi connectivity index (χ3n) is 11.9. The van der Waals surface area contributed by atoms with E-state index in [0.29, 0.717) is 29.1 Å². The molecule has 72 heavy (non-hydrogen) atoms. The van der Waals surface area contributed by atoms with Gasteiger partial charge in [0.2, 0.25) is 5.91 Å². The molecule has 7 rings (SSSR count). The third-order valence-corrected chi connectivity index (χ3v) is 15.5. The average molecular weight is 1020 g/mol. The van der Waals surface area contributed by atoms with Crippen LogP contribution in [0, 0.1) is 0 Å². The van der Waals surface area contributed by atoms with Crippen LogP contribution in [0.2, 0.25) is 0 Å². The summed E-state index contributed by atoms with van der Waals surface area (Å²) >= 11 is 0. The van der Waals surface area contributed by atoms with Gasteiger partial charge in [0.25, 0.3) is 31.9 Å². The van der Waals surface area contributed by atoms with Crippen LogP contribution in [0.5, 0.6) is 5.75 Å². The lowest BCUT2D eigenvalue weighted by Gasteiger charge is -2.28. The van der Waals surface area contributed by atoms with Crippen molar-refractivity contribution in [1.29, 1.82) is 0 Å². The second-order valence-electron chi connectivity index (χ2n) is 17.0. The summed E-state index contributed by atoms with van der Waals surface area (Å²) in [5.74, 6) is -4.67. The number of benzene rings is 5. The number of ketones is 3. The van der Waals surface area contributed by atoms with Crippen LogP contribution >= 0.6 is 0 Å². The first kappa shape index (κ1) is 52.1. The van der Waals surface area contributed by atoms with Crippen LogP contribution in [0.25, 0.3) is 10.8 Å². The zero-order valence-corrected chi connectivity index (χ0v) is 40.8. The van der Waals surface area contributed by atoms with E-state index >= 15 is 0 Å². The van der Waals surface area contributed by atoms with Gasteiger partial charge in [-0.15, -0.1) is 0 Å². The molecule has 1 atom stereocenters. The van der Waals surface area contributed by atoms with Gasteiger partial charge in [0.15, 0.2) is 5.78 Å². The van der Waals surface area contributed by atoms with Crippen molar-refractivity contribution in [2.24, 2.45) is 0 Å². The van der Waals surface area contributed by atoms with Crippen molar-refractivity contribution in [2.45, 2.75) is 81.0 Å². The number of nitrogens with one attached hydrogen (secondary N) is 1. The summed E-state index contributed by atoms with van der Waals surface area (Å²) < 4.78 is 69.8. The van der Waals surface area contributed by atoms with Crippen molar-refractivity contribution in [2.75, 3.05) is 40.2 Å². The number of aliphatic carboxylic acids is 1. The number of sulfonamides is 2. The lowest BCUT2D eigenvalue weighted by Crippen LogP contribution is -2.47. The Labute approximate surface area is 414 Å². The second-order valence-corrected chi connectivity index (χ2v) is 20.7. The maximum Gasteiger partial charge on any atom is 0.326 e. The Hall–Kier alpha value is -7.78. The van der Waals surface area contributed by atoms with Crippen LogP contribution in [-0.4, -0.2) is 106 Å². The highest BCUT2D eigenvalue weighted by Crippen LogP contribution is 2.39. The van der Waals surface area contributed by atoms with Gasteiger partial charge in [0, 0.05) is 35.7 Å². The van der Waals surface area contributed by atoms with Gasteiger partial charge >= 0.3 is 11.9 Å². The Morgan fingerprint density at radius 3 is 1.93 bits per heavy atom. The Balaban J connectivity index is 1.01. The molecule has 21 heteroatoms. The van der Waals surface area contributed by atoms with Gasteiger partial charge < -0.3 is 19.9 Å².